The first-order valence-corrected chi connectivity index (χ1v) is 10.7. The van der Waals surface area contributed by atoms with Crippen molar-refractivity contribution in [2.75, 3.05) is 39.8 Å². The molecule has 190 valence electrons. The van der Waals surface area contributed by atoms with Crippen LogP contribution in [0, 0.1) is 5.92 Å². The summed E-state index contributed by atoms with van der Waals surface area (Å²) in [5, 5.41) is 3.55. The van der Waals surface area contributed by atoms with E-state index in [0.717, 1.165) is 5.01 Å². The Morgan fingerprint density at radius 3 is 2.19 bits per heavy atom. The second-order valence-electron chi connectivity index (χ2n) is 7.61. The van der Waals surface area contributed by atoms with E-state index in [9.17, 15) is 24.0 Å². The number of hydrogen-bond donors (Lipinski definition) is 2. The predicted molar refractivity (Wildman–Crippen MR) is 124 cm³/mol. The lowest BCUT2D eigenvalue weighted by atomic mass is 10.1. The molecule has 2 aromatic carbocycles. The normalized spacial score (nSPS) is 14.6. The number of amides is 3. The van der Waals surface area contributed by atoms with E-state index in [4.69, 9.17) is 14.2 Å². The molecule has 12 nitrogen and oxygen atoms in total. The summed E-state index contributed by atoms with van der Waals surface area (Å²) >= 11 is 0. The molecule has 1 aliphatic rings. The fourth-order valence-corrected chi connectivity index (χ4v) is 3.49. The highest BCUT2D eigenvalue weighted by Gasteiger charge is 2.37. The Morgan fingerprint density at radius 1 is 0.972 bits per heavy atom. The van der Waals surface area contributed by atoms with E-state index in [-0.39, 0.29) is 30.0 Å². The molecule has 2 aromatic rings. The summed E-state index contributed by atoms with van der Waals surface area (Å²) in [5.41, 5.74) is 3.26. The summed E-state index contributed by atoms with van der Waals surface area (Å²) in [5.74, 6) is -3.39. The standard InChI is InChI=1S/C24H25N3O9/c1-33-17-5-4-6-18(34-2)21(17)22(30)26-27-12-15(11-20(27)29)24(32)36-13-19(28)25-16-9-7-14(8-10-16)23(31)35-3/h4-10,15H,11-13H2,1-3H3,(H,25,28)(H,26,30)/t15-/m1/s1. The minimum Gasteiger partial charge on any atom is -0.496 e. The van der Waals surface area contributed by atoms with Crippen molar-refractivity contribution in [1.82, 2.24) is 10.4 Å². The van der Waals surface area contributed by atoms with E-state index in [2.05, 4.69) is 15.5 Å². The maximum Gasteiger partial charge on any atom is 0.337 e. The van der Waals surface area contributed by atoms with Crippen LogP contribution in [0.2, 0.25) is 0 Å². The highest BCUT2D eigenvalue weighted by atomic mass is 16.5. The van der Waals surface area contributed by atoms with Gasteiger partial charge in [-0.3, -0.25) is 29.6 Å². The summed E-state index contributed by atoms with van der Waals surface area (Å²) in [6.07, 6.45) is -0.196. The van der Waals surface area contributed by atoms with Crippen molar-refractivity contribution in [3.05, 3.63) is 53.6 Å². The minimum absolute atomic E-state index is 0.0950. The maximum atomic E-state index is 12.8. The number of hydrazine groups is 1. The van der Waals surface area contributed by atoms with Crippen LogP contribution in [0.4, 0.5) is 5.69 Å². The molecule has 0 radical (unpaired) electrons. The zero-order chi connectivity index (χ0) is 26.2. The SMILES string of the molecule is COC(=O)c1ccc(NC(=O)COC(=O)[C@@H]2CC(=O)N(NC(=O)c3c(OC)cccc3OC)C2)cc1. The molecule has 1 aliphatic heterocycles. The number of methoxy groups -OCH3 is 3. The number of benzene rings is 2. The first-order chi connectivity index (χ1) is 17.3. The molecule has 3 amide bonds. The Labute approximate surface area is 206 Å². The average molecular weight is 499 g/mol. The summed E-state index contributed by atoms with van der Waals surface area (Å²) in [4.78, 5) is 61.2. The highest BCUT2D eigenvalue weighted by Crippen LogP contribution is 2.28. The average Bonchev–Trinajstić information content (AvgIpc) is 3.26. The molecule has 12 heteroatoms. The number of carbonyl (C=O) groups is 5. The molecule has 0 spiro atoms. The number of anilines is 1. The number of ether oxygens (including phenoxy) is 4. The molecule has 1 fully saturated rings. The number of hydrogen-bond acceptors (Lipinski definition) is 9. The van der Waals surface area contributed by atoms with Crippen molar-refractivity contribution in [2.45, 2.75) is 6.42 Å². The van der Waals surface area contributed by atoms with Gasteiger partial charge in [0.15, 0.2) is 6.61 Å². The Bertz CT molecular complexity index is 1140. The molecule has 1 heterocycles. The molecule has 36 heavy (non-hydrogen) atoms. The Hall–Kier alpha value is -4.61. The van der Waals surface area contributed by atoms with E-state index in [1.807, 2.05) is 0 Å². The summed E-state index contributed by atoms with van der Waals surface area (Å²) in [6.45, 7) is -0.704. The van der Waals surface area contributed by atoms with Crippen molar-refractivity contribution < 1.29 is 42.9 Å². The van der Waals surface area contributed by atoms with Gasteiger partial charge in [0, 0.05) is 12.1 Å². The van der Waals surface area contributed by atoms with Gasteiger partial charge in [-0.05, 0) is 36.4 Å². The monoisotopic (exact) mass is 499 g/mol. The van der Waals surface area contributed by atoms with Crippen molar-refractivity contribution >= 4 is 35.3 Å². The van der Waals surface area contributed by atoms with Crippen molar-refractivity contribution in [1.29, 1.82) is 0 Å². The Balaban J connectivity index is 1.52. The van der Waals surface area contributed by atoms with E-state index in [1.54, 1.807) is 18.2 Å². The van der Waals surface area contributed by atoms with Gasteiger partial charge < -0.3 is 24.3 Å². The number of esters is 2. The van der Waals surface area contributed by atoms with Crippen molar-refractivity contribution in [2.24, 2.45) is 5.92 Å². The van der Waals surface area contributed by atoms with E-state index < -0.39 is 42.2 Å². The fraction of sp³-hybridized carbons (Fsp3) is 0.292. The molecule has 0 bridgehead atoms. The highest BCUT2D eigenvalue weighted by molar-refractivity contribution is 6.01. The molecule has 1 saturated heterocycles. The third kappa shape index (κ3) is 6.09. The molecular formula is C24H25N3O9. The molecule has 2 N–H and O–H groups in total. The summed E-state index contributed by atoms with van der Waals surface area (Å²) < 4.78 is 20.0. The number of carbonyl (C=O) groups excluding carboxylic acids is 5. The molecule has 3 rings (SSSR count). The maximum absolute atomic E-state index is 12.8. The van der Waals surface area contributed by atoms with Gasteiger partial charge in [-0.25, -0.2) is 4.79 Å². The van der Waals surface area contributed by atoms with Gasteiger partial charge in [0.25, 0.3) is 11.8 Å². The van der Waals surface area contributed by atoms with Gasteiger partial charge in [-0.1, -0.05) is 6.07 Å². The number of nitrogens with zero attached hydrogens (tertiary/aromatic N) is 1. The molecule has 0 aromatic heterocycles. The van der Waals surface area contributed by atoms with Gasteiger partial charge in [0.2, 0.25) is 5.91 Å². The largest absolute Gasteiger partial charge is 0.496 e. The van der Waals surface area contributed by atoms with Crippen molar-refractivity contribution in [3.8, 4) is 11.5 Å². The zero-order valence-corrected chi connectivity index (χ0v) is 19.9. The summed E-state index contributed by atoms with van der Waals surface area (Å²) in [6, 6.07) is 10.7. The van der Waals surface area contributed by atoms with Gasteiger partial charge in [-0.15, -0.1) is 0 Å². The van der Waals surface area contributed by atoms with Gasteiger partial charge >= 0.3 is 11.9 Å². The Kier molecular flexibility index (Phi) is 8.44. The van der Waals surface area contributed by atoms with Crippen LogP contribution in [0.15, 0.2) is 42.5 Å². The van der Waals surface area contributed by atoms with Crippen molar-refractivity contribution in [3.63, 3.8) is 0 Å². The summed E-state index contributed by atoms with van der Waals surface area (Å²) in [7, 11) is 4.05. The van der Waals surface area contributed by atoms with Gasteiger partial charge in [0.1, 0.15) is 17.1 Å². The lowest BCUT2D eigenvalue weighted by molar-refractivity contribution is -0.151. The lowest BCUT2D eigenvalue weighted by Crippen LogP contribution is -2.43. The second-order valence-corrected chi connectivity index (χ2v) is 7.61. The molecular weight excluding hydrogens is 474 g/mol. The van der Waals surface area contributed by atoms with E-state index in [1.165, 1.54) is 45.6 Å². The van der Waals surface area contributed by atoms with Crippen LogP contribution in [0.1, 0.15) is 27.1 Å². The number of rotatable bonds is 9. The minimum atomic E-state index is -0.871. The van der Waals surface area contributed by atoms with Crippen LogP contribution in [0.5, 0.6) is 11.5 Å². The molecule has 1 atom stereocenters. The van der Waals surface area contributed by atoms with Crippen LogP contribution >= 0.6 is 0 Å². The first kappa shape index (κ1) is 26.0. The van der Waals surface area contributed by atoms with Crippen LogP contribution in [0.25, 0.3) is 0 Å². The fourth-order valence-electron chi connectivity index (χ4n) is 3.49. The molecule has 0 saturated carbocycles. The van der Waals surface area contributed by atoms with E-state index >= 15 is 0 Å². The van der Waals surface area contributed by atoms with Gasteiger partial charge in [0.05, 0.1) is 39.4 Å². The van der Waals surface area contributed by atoms with Crippen LogP contribution in [0.3, 0.4) is 0 Å². The zero-order valence-electron chi connectivity index (χ0n) is 19.9. The van der Waals surface area contributed by atoms with Gasteiger partial charge in [-0.2, -0.15) is 0 Å². The molecule has 0 unspecified atom stereocenters. The third-order valence-electron chi connectivity index (χ3n) is 5.29. The van der Waals surface area contributed by atoms with Crippen LogP contribution < -0.4 is 20.2 Å². The quantitative estimate of drug-likeness (QED) is 0.485. The molecule has 0 aliphatic carbocycles. The first-order valence-electron chi connectivity index (χ1n) is 10.7. The topological polar surface area (TPSA) is 150 Å². The second kappa shape index (κ2) is 11.7. The smallest absolute Gasteiger partial charge is 0.337 e. The Morgan fingerprint density at radius 2 is 1.61 bits per heavy atom. The van der Waals surface area contributed by atoms with Crippen LogP contribution in [-0.4, -0.2) is 69.2 Å². The predicted octanol–water partition coefficient (Wildman–Crippen LogP) is 1.17. The lowest BCUT2D eigenvalue weighted by Gasteiger charge is -2.19. The third-order valence-corrected chi connectivity index (χ3v) is 5.29. The van der Waals surface area contributed by atoms with Crippen LogP contribution in [-0.2, 0) is 23.9 Å². The number of nitrogens with one attached hydrogen (secondary N) is 2. The van der Waals surface area contributed by atoms with E-state index in [0.29, 0.717) is 11.3 Å².